The lowest BCUT2D eigenvalue weighted by atomic mass is 10.2. The number of aromatic amines is 1. The van der Waals surface area contributed by atoms with Gasteiger partial charge in [0.15, 0.2) is 5.69 Å². The number of imidazole rings is 2. The molecule has 0 fully saturated rings. The monoisotopic (exact) mass is 332 g/mol. The van der Waals surface area contributed by atoms with Gasteiger partial charge in [-0.05, 0) is 6.07 Å². The summed E-state index contributed by atoms with van der Waals surface area (Å²) in [4.78, 5) is 8.14. The van der Waals surface area contributed by atoms with Gasteiger partial charge in [-0.15, -0.1) is 0 Å². The van der Waals surface area contributed by atoms with E-state index in [1.807, 2.05) is 22.7 Å². The molecule has 0 radical (unpaired) electrons. The maximum absolute atomic E-state index is 4.80. The molecule has 5 nitrogen and oxygen atoms in total. The molecule has 0 bridgehead atoms. The Morgan fingerprint density at radius 2 is 1.80 bits per heavy atom. The molecule has 0 saturated heterocycles. The van der Waals surface area contributed by atoms with Gasteiger partial charge >= 0.3 is 5.65 Å². The minimum absolute atomic E-state index is 0.866. The second-order valence-corrected chi connectivity index (χ2v) is 6.48. The van der Waals surface area contributed by atoms with Crippen molar-refractivity contribution in [3.8, 4) is 11.3 Å². The van der Waals surface area contributed by atoms with Crippen LogP contribution in [0.15, 0.2) is 48.7 Å². The molecule has 0 aliphatic carbocycles. The standard InChI is InChI=1S/C20H21N5/c1-14-15(2)25-20(21-14)12-10-17(23-25)9-11-19-22-18(13-24(19)3)16-7-5-4-6-8-16/h4-8,10,12-13H,9,11H2,1-3H3/p+1. The van der Waals surface area contributed by atoms with Crippen LogP contribution in [-0.2, 0) is 19.9 Å². The summed E-state index contributed by atoms with van der Waals surface area (Å²) in [5, 5.41) is 4.75. The summed E-state index contributed by atoms with van der Waals surface area (Å²) in [6.45, 7) is 4.16. The molecule has 0 spiro atoms. The summed E-state index contributed by atoms with van der Waals surface area (Å²) in [5.41, 5.74) is 6.58. The third kappa shape index (κ3) is 2.93. The van der Waals surface area contributed by atoms with E-state index in [0.29, 0.717) is 0 Å². The molecule has 0 aliphatic heterocycles. The van der Waals surface area contributed by atoms with Crippen LogP contribution >= 0.6 is 0 Å². The van der Waals surface area contributed by atoms with Crippen molar-refractivity contribution in [1.82, 2.24) is 19.2 Å². The van der Waals surface area contributed by atoms with Gasteiger partial charge in [0.1, 0.15) is 11.5 Å². The van der Waals surface area contributed by atoms with Gasteiger partial charge in [0.2, 0.25) is 0 Å². The maximum atomic E-state index is 4.80. The number of nitrogens with zero attached hydrogens (tertiary/aromatic N) is 4. The predicted molar refractivity (Wildman–Crippen MR) is 97.3 cm³/mol. The van der Waals surface area contributed by atoms with E-state index >= 15 is 0 Å². The first-order valence-electron chi connectivity index (χ1n) is 8.56. The number of fused-ring (bicyclic) bond motifs is 1. The summed E-state index contributed by atoms with van der Waals surface area (Å²) < 4.78 is 4.10. The number of hydrogen-bond donors (Lipinski definition) is 0. The lowest BCUT2D eigenvalue weighted by molar-refractivity contribution is -0.354. The molecule has 4 rings (SSSR count). The molecule has 3 aromatic heterocycles. The van der Waals surface area contributed by atoms with Crippen LogP contribution in [0, 0.1) is 13.8 Å². The Hall–Kier alpha value is -2.95. The Bertz CT molecular complexity index is 1030. The summed E-state index contributed by atoms with van der Waals surface area (Å²) in [6.07, 6.45) is 3.83. The molecule has 0 amide bonds. The Kier molecular flexibility index (Phi) is 3.84. The third-order valence-corrected chi connectivity index (χ3v) is 4.71. The lowest BCUT2D eigenvalue weighted by Gasteiger charge is -2.00. The third-order valence-electron chi connectivity index (χ3n) is 4.71. The second-order valence-electron chi connectivity index (χ2n) is 6.48. The minimum Gasteiger partial charge on any atom is -0.337 e. The van der Waals surface area contributed by atoms with Gasteiger partial charge in [0, 0.05) is 51.6 Å². The quantitative estimate of drug-likeness (QED) is 0.577. The van der Waals surface area contributed by atoms with E-state index in [1.165, 1.54) is 0 Å². The van der Waals surface area contributed by atoms with Crippen LogP contribution in [0.25, 0.3) is 16.9 Å². The van der Waals surface area contributed by atoms with Crippen molar-refractivity contribution < 1.29 is 4.98 Å². The summed E-state index contributed by atoms with van der Waals surface area (Å²) in [6, 6.07) is 14.5. The van der Waals surface area contributed by atoms with Gasteiger partial charge in [-0.1, -0.05) is 39.9 Å². The number of benzene rings is 1. The molecule has 5 heteroatoms. The topological polar surface area (TPSA) is 49.3 Å². The van der Waals surface area contributed by atoms with Gasteiger partial charge in [0.05, 0.1) is 11.4 Å². The van der Waals surface area contributed by atoms with E-state index in [1.54, 1.807) is 0 Å². The van der Waals surface area contributed by atoms with E-state index in [2.05, 4.69) is 60.9 Å². The molecule has 0 saturated carbocycles. The van der Waals surface area contributed by atoms with Crippen molar-refractivity contribution in [2.75, 3.05) is 0 Å². The lowest BCUT2D eigenvalue weighted by Crippen LogP contribution is -2.06. The van der Waals surface area contributed by atoms with E-state index in [-0.39, 0.29) is 0 Å². The van der Waals surface area contributed by atoms with Crippen molar-refractivity contribution in [2.45, 2.75) is 26.7 Å². The minimum atomic E-state index is 0.866. The summed E-state index contributed by atoms with van der Waals surface area (Å²) >= 11 is 0. The first-order chi connectivity index (χ1) is 12.1. The fourth-order valence-corrected chi connectivity index (χ4v) is 3.11. The molecule has 1 aromatic carbocycles. The average Bonchev–Trinajstić information content (AvgIpc) is 3.14. The number of aromatic nitrogens is 5. The smallest absolute Gasteiger partial charge is 0.305 e. The fourth-order valence-electron chi connectivity index (χ4n) is 3.11. The van der Waals surface area contributed by atoms with Crippen molar-refractivity contribution in [2.24, 2.45) is 7.05 Å². The van der Waals surface area contributed by atoms with Crippen molar-refractivity contribution in [1.29, 1.82) is 0 Å². The first kappa shape index (κ1) is 15.6. The highest BCUT2D eigenvalue weighted by atomic mass is 15.3. The molecule has 0 atom stereocenters. The van der Waals surface area contributed by atoms with Gasteiger partial charge in [-0.3, -0.25) is 0 Å². The second kappa shape index (κ2) is 6.16. The molecule has 25 heavy (non-hydrogen) atoms. The highest BCUT2D eigenvalue weighted by molar-refractivity contribution is 5.58. The van der Waals surface area contributed by atoms with Crippen LogP contribution in [0.4, 0.5) is 0 Å². The van der Waals surface area contributed by atoms with E-state index in [0.717, 1.165) is 52.7 Å². The van der Waals surface area contributed by atoms with E-state index < -0.39 is 0 Å². The number of rotatable bonds is 4. The number of hydrogen-bond acceptors (Lipinski definition) is 2. The van der Waals surface area contributed by atoms with Crippen molar-refractivity contribution in [3.05, 3.63) is 71.6 Å². The molecule has 4 aromatic rings. The Morgan fingerprint density at radius 1 is 1.00 bits per heavy atom. The van der Waals surface area contributed by atoms with E-state index in [4.69, 9.17) is 10.1 Å². The van der Waals surface area contributed by atoms with Gasteiger partial charge in [0.25, 0.3) is 0 Å². The number of aryl methyl sites for hydroxylation is 5. The van der Waals surface area contributed by atoms with Gasteiger partial charge < -0.3 is 4.57 Å². The highest BCUT2D eigenvalue weighted by Crippen LogP contribution is 2.18. The Morgan fingerprint density at radius 3 is 2.60 bits per heavy atom. The predicted octanol–water partition coefficient (Wildman–Crippen LogP) is 2.95. The van der Waals surface area contributed by atoms with Crippen LogP contribution in [0.1, 0.15) is 22.9 Å². The molecule has 1 N–H and O–H groups in total. The summed E-state index contributed by atoms with van der Waals surface area (Å²) in [5.74, 6) is 1.08. The first-order valence-corrected chi connectivity index (χ1v) is 8.56. The largest absolute Gasteiger partial charge is 0.337 e. The normalized spacial score (nSPS) is 11.3. The zero-order valence-corrected chi connectivity index (χ0v) is 14.8. The number of H-pyrrole nitrogens is 1. The van der Waals surface area contributed by atoms with Crippen LogP contribution in [0.5, 0.6) is 0 Å². The van der Waals surface area contributed by atoms with Crippen LogP contribution in [0.3, 0.4) is 0 Å². The average molecular weight is 332 g/mol. The Labute approximate surface area is 147 Å². The van der Waals surface area contributed by atoms with Crippen LogP contribution in [-0.4, -0.2) is 19.2 Å². The van der Waals surface area contributed by atoms with Crippen LogP contribution < -0.4 is 4.98 Å². The molecular formula is C20H22N5+. The maximum Gasteiger partial charge on any atom is 0.305 e. The molecule has 0 aliphatic rings. The highest BCUT2D eigenvalue weighted by Gasteiger charge is 2.14. The summed E-state index contributed by atoms with van der Waals surface area (Å²) in [7, 11) is 2.06. The van der Waals surface area contributed by atoms with Crippen molar-refractivity contribution >= 4 is 5.65 Å². The van der Waals surface area contributed by atoms with Crippen LogP contribution in [0.2, 0.25) is 0 Å². The SMILES string of the molecule is Cc1[nH+]c2ccc(CCc3nc(-c4ccccc4)cn3C)nn2c1C. The molecule has 3 heterocycles. The van der Waals surface area contributed by atoms with Gasteiger partial charge in [-0.25, -0.2) is 9.97 Å². The zero-order valence-electron chi connectivity index (χ0n) is 14.8. The number of nitrogens with one attached hydrogen (secondary N) is 1. The Balaban J connectivity index is 1.55. The molecular weight excluding hydrogens is 310 g/mol. The van der Waals surface area contributed by atoms with E-state index in [9.17, 15) is 0 Å². The fraction of sp³-hybridized carbons (Fsp3) is 0.250. The van der Waals surface area contributed by atoms with Crippen molar-refractivity contribution in [3.63, 3.8) is 0 Å². The van der Waals surface area contributed by atoms with Gasteiger partial charge in [-0.2, -0.15) is 0 Å². The molecule has 0 unspecified atom stereocenters. The zero-order chi connectivity index (χ0) is 17.4. The molecule has 126 valence electrons.